The fourth-order valence-corrected chi connectivity index (χ4v) is 4.40. The molecule has 0 bridgehead atoms. The zero-order valence-corrected chi connectivity index (χ0v) is 11.8. The predicted octanol–water partition coefficient (Wildman–Crippen LogP) is 0.979. The molecule has 0 spiro atoms. The van der Waals surface area contributed by atoms with E-state index >= 15 is 0 Å². The minimum atomic E-state index is -0.186. The number of nitrogens with two attached hydrogens (primary N) is 1. The van der Waals surface area contributed by atoms with Crippen LogP contribution in [0.2, 0.25) is 0 Å². The summed E-state index contributed by atoms with van der Waals surface area (Å²) in [7, 11) is 0. The lowest BCUT2D eigenvalue weighted by Gasteiger charge is -2.35. The maximum atomic E-state index is 12.7. The van der Waals surface area contributed by atoms with Crippen LogP contribution in [-0.2, 0) is 4.79 Å². The second kappa shape index (κ2) is 5.06. The van der Waals surface area contributed by atoms with Crippen molar-refractivity contribution in [3.8, 4) is 0 Å². The van der Waals surface area contributed by atoms with Crippen LogP contribution in [0.4, 0.5) is 0 Å². The molecule has 2 aliphatic carbocycles. The Labute approximate surface area is 115 Å². The van der Waals surface area contributed by atoms with E-state index in [2.05, 4.69) is 6.92 Å². The lowest BCUT2D eigenvalue weighted by atomic mass is 9.76. The number of nitrogens with zero attached hydrogens (tertiary/aromatic N) is 1. The summed E-state index contributed by atoms with van der Waals surface area (Å²) in [6.07, 6.45) is 4.92. The smallest absolute Gasteiger partial charge is 0.226 e. The minimum absolute atomic E-state index is 0.111. The average molecular weight is 266 g/mol. The standard InChI is InChI=1S/C15H26N2O2/c1-9-11(3-2-4-13(9)16)15(19)17-7-10-5-6-14(18)12(10)8-17/h9-14,18H,2-8,16H2,1H3. The van der Waals surface area contributed by atoms with E-state index in [9.17, 15) is 9.90 Å². The lowest BCUT2D eigenvalue weighted by Crippen LogP contribution is -2.45. The van der Waals surface area contributed by atoms with Gasteiger partial charge in [-0.2, -0.15) is 0 Å². The van der Waals surface area contributed by atoms with Crippen molar-refractivity contribution >= 4 is 5.91 Å². The minimum Gasteiger partial charge on any atom is -0.393 e. The highest BCUT2D eigenvalue weighted by Gasteiger charge is 2.45. The molecule has 1 aliphatic heterocycles. The largest absolute Gasteiger partial charge is 0.393 e. The normalized spacial score (nSPS) is 46.4. The lowest BCUT2D eigenvalue weighted by molar-refractivity contribution is -0.138. The molecular weight excluding hydrogens is 240 g/mol. The molecule has 3 rings (SSSR count). The zero-order valence-electron chi connectivity index (χ0n) is 11.8. The number of hydrogen-bond acceptors (Lipinski definition) is 3. The first-order valence-corrected chi connectivity index (χ1v) is 7.80. The van der Waals surface area contributed by atoms with Gasteiger partial charge in [-0.25, -0.2) is 0 Å². The molecule has 108 valence electrons. The Hall–Kier alpha value is -0.610. The second-order valence-corrected chi connectivity index (χ2v) is 6.87. The van der Waals surface area contributed by atoms with Crippen molar-refractivity contribution < 1.29 is 9.90 Å². The number of carbonyl (C=O) groups excluding carboxylic acids is 1. The topological polar surface area (TPSA) is 66.6 Å². The third-order valence-electron chi connectivity index (χ3n) is 5.81. The van der Waals surface area contributed by atoms with Gasteiger partial charge in [-0.15, -0.1) is 0 Å². The molecule has 1 saturated heterocycles. The molecule has 1 heterocycles. The van der Waals surface area contributed by atoms with Crippen molar-refractivity contribution in [2.75, 3.05) is 13.1 Å². The molecular formula is C15H26N2O2. The molecule has 6 atom stereocenters. The Morgan fingerprint density at radius 2 is 2.00 bits per heavy atom. The predicted molar refractivity (Wildman–Crippen MR) is 73.3 cm³/mol. The van der Waals surface area contributed by atoms with Crippen LogP contribution < -0.4 is 5.73 Å². The van der Waals surface area contributed by atoms with E-state index in [4.69, 9.17) is 5.73 Å². The van der Waals surface area contributed by atoms with Crippen molar-refractivity contribution in [3.05, 3.63) is 0 Å². The van der Waals surface area contributed by atoms with Crippen LogP contribution in [0.25, 0.3) is 0 Å². The first-order chi connectivity index (χ1) is 9.08. The zero-order chi connectivity index (χ0) is 13.6. The van der Waals surface area contributed by atoms with E-state index in [0.717, 1.165) is 45.2 Å². The first-order valence-electron chi connectivity index (χ1n) is 7.80. The summed E-state index contributed by atoms with van der Waals surface area (Å²) in [4.78, 5) is 14.7. The van der Waals surface area contributed by atoms with Crippen LogP contribution in [0.15, 0.2) is 0 Å². The average Bonchev–Trinajstić information content (AvgIpc) is 2.95. The number of rotatable bonds is 1. The van der Waals surface area contributed by atoms with Gasteiger partial charge in [0.25, 0.3) is 0 Å². The van der Waals surface area contributed by atoms with Crippen molar-refractivity contribution in [2.45, 2.75) is 51.2 Å². The molecule has 0 aromatic carbocycles. The van der Waals surface area contributed by atoms with Gasteiger partial charge in [0.15, 0.2) is 0 Å². The summed E-state index contributed by atoms with van der Waals surface area (Å²) < 4.78 is 0. The van der Waals surface area contributed by atoms with Crippen LogP contribution in [-0.4, -0.2) is 41.1 Å². The van der Waals surface area contributed by atoms with Gasteiger partial charge >= 0.3 is 0 Å². The number of aliphatic hydroxyl groups is 1. The molecule has 0 aromatic rings. The molecule has 2 saturated carbocycles. The summed E-state index contributed by atoms with van der Waals surface area (Å²) in [5.41, 5.74) is 6.11. The number of hydrogen-bond donors (Lipinski definition) is 2. The summed E-state index contributed by atoms with van der Waals surface area (Å²) in [6.45, 7) is 3.75. The highest BCUT2D eigenvalue weighted by Crippen LogP contribution is 2.40. The number of likely N-dealkylation sites (tertiary alicyclic amines) is 1. The van der Waals surface area contributed by atoms with Crippen LogP contribution in [0.5, 0.6) is 0 Å². The van der Waals surface area contributed by atoms with Gasteiger partial charge in [0.1, 0.15) is 0 Å². The van der Waals surface area contributed by atoms with Crippen LogP contribution in [0.1, 0.15) is 39.0 Å². The number of fused-ring (bicyclic) bond motifs is 1. The van der Waals surface area contributed by atoms with Gasteiger partial charge in [0, 0.05) is 31.0 Å². The van der Waals surface area contributed by atoms with E-state index in [1.807, 2.05) is 4.90 Å². The molecule has 4 heteroatoms. The number of amides is 1. The summed E-state index contributed by atoms with van der Waals surface area (Å²) in [6, 6.07) is 0.176. The Morgan fingerprint density at radius 3 is 2.74 bits per heavy atom. The molecule has 3 fully saturated rings. The van der Waals surface area contributed by atoms with Crippen LogP contribution in [0, 0.1) is 23.7 Å². The van der Waals surface area contributed by atoms with Gasteiger partial charge in [-0.3, -0.25) is 4.79 Å². The third-order valence-corrected chi connectivity index (χ3v) is 5.81. The first kappa shape index (κ1) is 13.4. The fraction of sp³-hybridized carbons (Fsp3) is 0.933. The van der Waals surface area contributed by atoms with Gasteiger partial charge in [-0.05, 0) is 37.5 Å². The fourth-order valence-electron chi connectivity index (χ4n) is 4.40. The third kappa shape index (κ3) is 2.29. The number of aliphatic hydroxyl groups excluding tert-OH is 1. The van der Waals surface area contributed by atoms with Crippen molar-refractivity contribution in [1.82, 2.24) is 4.90 Å². The number of carbonyl (C=O) groups is 1. The molecule has 0 radical (unpaired) electrons. The Kier molecular flexibility index (Phi) is 3.56. The molecule has 1 amide bonds. The van der Waals surface area contributed by atoms with Crippen molar-refractivity contribution in [3.63, 3.8) is 0 Å². The van der Waals surface area contributed by atoms with E-state index in [1.165, 1.54) is 0 Å². The van der Waals surface area contributed by atoms with Gasteiger partial charge < -0.3 is 15.7 Å². The molecule has 19 heavy (non-hydrogen) atoms. The second-order valence-electron chi connectivity index (χ2n) is 6.87. The Balaban J connectivity index is 1.65. The molecule has 3 N–H and O–H groups in total. The summed E-state index contributed by atoms with van der Waals surface area (Å²) in [5, 5.41) is 9.95. The van der Waals surface area contributed by atoms with Gasteiger partial charge in [0.2, 0.25) is 5.91 Å². The quantitative estimate of drug-likeness (QED) is 0.743. The molecule has 6 unspecified atom stereocenters. The molecule has 0 aromatic heterocycles. The van der Waals surface area contributed by atoms with E-state index in [0.29, 0.717) is 23.7 Å². The van der Waals surface area contributed by atoms with Crippen LogP contribution >= 0.6 is 0 Å². The van der Waals surface area contributed by atoms with E-state index in [1.54, 1.807) is 0 Å². The van der Waals surface area contributed by atoms with Crippen molar-refractivity contribution in [2.24, 2.45) is 29.4 Å². The van der Waals surface area contributed by atoms with E-state index in [-0.39, 0.29) is 18.1 Å². The highest BCUT2D eigenvalue weighted by molar-refractivity contribution is 5.79. The molecule has 4 nitrogen and oxygen atoms in total. The Morgan fingerprint density at radius 1 is 1.21 bits per heavy atom. The monoisotopic (exact) mass is 266 g/mol. The van der Waals surface area contributed by atoms with E-state index < -0.39 is 0 Å². The highest BCUT2D eigenvalue weighted by atomic mass is 16.3. The summed E-state index contributed by atoms with van der Waals surface area (Å²) in [5.74, 6) is 1.57. The summed E-state index contributed by atoms with van der Waals surface area (Å²) >= 11 is 0. The SMILES string of the molecule is CC1C(N)CCCC1C(=O)N1CC2CCC(O)C2C1. The Bertz CT molecular complexity index is 360. The maximum absolute atomic E-state index is 12.7. The molecule has 3 aliphatic rings. The van der Waals surface area contributed by atoms with Crippen LogP contribution in [0.3, 0.4) is 0 Å². The maximum Gasteiger partial charge on any atom is 0.226 e. The van der Waals surface area contributed by atoms with Gasteiger partial charge in [0.05, 0.1) is 6.10 Å². The van der Waals surface area contributed by atoms with Crippen molar-refractivity contribution in [1.29, 1.82) is 0 Å². The van der Waals surface area contributed by atoms with Gasteiger partial charge in [-0.1, -0.05) is 13.3 Å².